The van der Waals surface area contributed by atoms with Crippen molar-refractivity contribution in [1.29, 1.82) is 0 Å². The maximum atomic E-state index is 12.4. The summed E-state index contributed by atoms with van der Waals surface area (Å²) in [5.41, 5.74) is 4.42. The molecule has 3 aromatic carbocycles. The number of carboxylic acid groups (broad SMARTS) is 1. The van der Waals surface area contributed by atoms with E-state index in [1.54, 1.807) is 12.1 Å². The van der Waals surface area contributed by atoms with Gasteiger partial charge in [-0.2, -0.15) is 0 Å². The van der Waals surface area contributed by atoms with E-state index >= 15 is 0 Å². The van der Waals surface area contributed by atoms with Gasteiger partial charge in [-0.05, 0) is 66.4 Å². The molecule has 0 spiro atoms. The maximum absolute atomic E-state index is 12.4. The first-order valence-electron chi connectivity index (χ1n) is 12.3. The number of aliphatic carboxylic acids is 1. The van der Waals surface area contributed by atoms with Gasteiger partial charge in [-0.3, -0.25) is 4.79 Å². The van der Waals surface area contributed by atoms with Crippen LogP contribution in [-0.4, -0.2) is 42.5 Å². The van der Waals surface area contributed by atoms with E-state index < -0.39 is 5.97 Å². The number of nitrogens with zero attached hydrogens (tertiary/aromatic N) is 1. The number of carboxylic acids is 1. The molecule has 0 radical (unpaired) electrons. The molecule has 2 amide bonds. The number of urea groups is 1. The zero-order valence-corrected chi connectivity index (χ0v) is 20.8. The van der Waals surface area contributed by atoms with E-state index in [-0.39, 0.29) is 19.2 Å². The third-order valence-electron chi connectivity index (χ3n) is 6.14. The van der Waals surface area contributed by atoms with Crippen LogP contribution >= 0.6 is 0 Å². The Kier molecular flexibility index (Phi) is 7.30. The second-order valence-electron chi connectivity index (χ2n) is 8.77. The number of hydrogen-bond acceptors (Lipinski definition) is 7. The minimum atomic E-state index is -0.813. The van der Waals surface area contributed by atoms with Crippen molar-refractivity contribution in [3.63, 3.8) is 0 Å². The third kappa shape index (κ3) is 5.64. The normalized spacial score (nSPS) is 11.9. The Balaban J connectivity index is 1.29. The fourth-order valence-corrected chi connectivity index (χ4v) is 4.19. The molecule has 0 bridgehead atoms. The Morgan fingerprint density at radius 2 is 1.74 bits per heavy atom. The smallest absolute Gasteiger partial charge is 0.319 e. The number of amides is 2. The van der Waals surface area contributed by atoms with Gasteiger partial charge in [-0.15, -0.1) is 0 Å². The third-order valence-corrected chi connectivity index (χ3v) is 6.14. The van der Waals surface area contributed by atoms with Crippen molar-refractivity contribution >= 4 is 28.8 Å². The summed E-state index contributed by atoms with van der Waals surface area (Å²) in [6.07, 6.45) is 2.12. The van der Waals surface area contributed by atoms with Crippen LogP contribution in [0.25, 0.3) is 33.7 Å². The molecule has 3 N–H and O–H groups in total. The molecular formula is C28H27N3O7. The number of anilines is 1. The van der Waals surface area contributed by atoms with Crippen molar-refractivity contribution in [1.82, 2.24) is 10.3 Å². The van der Waals surface area contributed by atoms with Gasteiger partial charge in [0, 0.05) is 18.5 Å². The van der Waals surface area contributed by atoms with Gasteiger partial charge in [0.05, 0.1) is 12.8 Å². The first kappa shape index (κ1) is 24.9. The molecule has 5 rings (SSSR count). The summed E-state index contributed by atoms with van der Waals surface area (Å²) in [4.78, 5) is 27.7. The Labute approximate surface area is 218 Å². The molecule has 1 aliphatic rings. The second kappa shape index (κ2) is 11.1. The molecular weight excluding hydrogens is 490 g/mol. The summed E-state index contributed by atoms with van der Waals surface area (Å²) >= 11 is 0. The van der Waals surface area contributed by atoms with Crippen molar-refractivity contribution < 1.29 is 33.3 Å². The summed E-state index contributed by atoms with van der Waals surface area (Å²) in [6.45, 7) is 0.656. The van der Waals surface area contributed by atoms with E-state index in [2.05, 4.69) is 15.6 Å². The van der Waals surface area contributed by atoms with Crippen LogP contribution in [0, 0.1) is 0 Å². The van der Waals surface area contributed by atoms with Crippen molar-refractivity contribution in [3.8, 4) is 39.8 Å². The number of benzene rings is 3. The molecule has 4 aromatic rings. The van der Waals surface area contributed by atoms with Crippen LogP contribution in [0.4, 0.5) is 10.5 Å². The summed E-state index contributed by atoms with van der Waals surface area (Å²) in [7, 11) is 1.53. The molecule has 1 aliphatic heterocycles. The van der Waals surface area contributed by atoms with Crippen LogP contribution in [0.1, 0.15) is 25.7 Å². The molecule has 0 atom stereocenters. The van der Waals surface area contributed by atoms with Gasteiger partial charge in [-0.1, -0.05) is 18.6 Å². The van der Waals surface area contributed by atoms with Gasteiger partial charge in [0.15, 0.2) is 17.1 Å². The Bertz CT molecular complexity index is 1480. The molecule has 10 nitrogen and oxygen atoms in total. The van der Waals surface area contributed by atoms with Crippen molar-refractivity contribution in [2.45, 2.75) is 25.7 Å². The monoisotopic (exact) mass is 517 g/mol. The van der Waals surface area contributed by atoms with Gasteiger partial charge < -0.3 is 34.4 Å². The minimum absolute atomic E-state index is 0.131. The molecule has 1 aromatic heterocycles. The number of methoxy groups -OCH3 is 1. The molecule has 2 heterocycles. The topological polar surface area (TPSA) is 132 Å². The van der Waals surface area contributed by atoms with E-state index in [9.17, 15) is 9.59 Å². The number of ether oxygens (including phenoxy) is 3. The van der Waals surface area contributed by atoms with Crippen LogP contribution in [0.15, 0.2) is 59.0 Å². The summed E-state index contributed by atoms with van der Waals surface area (Å²) in [5.74, 6) is 1.53. The van der Waals surface area contributed by atoms with E-state index in [1.165, 1.54) is 7.11 Å². The quantitative estimate of drug-likeness (QED) is 0.229. The standard InChI is InChI=1S/C28H27N3O7/c1-35-22-9-8-19(14-20(22)31-28(34)29-12-4-2-3-5-26(32)33)27-30-21-13-17(6-10-23(21)38-27)18-7-11-24-25(15-18)37-16-36-24/h6-11,13-15H,2-5,12,16H2,1H3,(H,32,33)(H2,29,31,34). The molecule has 0 aliphatic carbocycles. The van der Waals surface area contributed by atoms with Crippen LogP contribution in [0.3, 0.4) is 0 Å². The highest BCUT2D eigenvalue weighted by molar-refractivity contribution is 5.92. The van der Waals surface area contributed by atoms with Crippen molar-refractivity contribution in [2.75, 3.05) is 25.8 Å². The van der Waals surface area contributed by atoms with Crippen LogP contribution in [-0.2, 0) is 4.79 Å². The number of nitrogens with one attached hydrogen (secondary N) is 2. The summed E-state index contributed by atoms with van der Waals surface area (Å²) < 4.78 is 22.3. The minimum Gasteiger partial charge on any atom is -0.495 e. The predicted molar refractivity (Wildman–Crippen MR) is 141 cm³/mol. The fourth-order valence-electron chi connectivity index (χ4n) is 4.19. The average Bonchev–Trinajstić information content (AvgIpc) is 3.56. The zero-order valence-electron chi connectivity index (χ0n) is 20.8. The number of fused-ring (bicyclic) bond motifs is 2. The van der Waals surface area contributed by atoms with Gasteiger partial charge >= 0.3 is 12.0 Å². The number of rotatable bonds is 10. The Morgan fingerprint density at radius 3 is 2.58 bits per heavy atom. The zero-order chi connectivity index (χ0) is 26.5. The molecule has 0 saturated carbocycles. The van der Waals surface area contributed by atoms with Crippen LogP contribution in [0.5, 0.6) is 17.2 Å². The highest BCUT2D eigenvalue weighted by atomic mass is 16.7. The number of carbonyl (C=O) groups is 2. The molecule has 10 heteroatoms. The largest absolute Gasteiger partial charge is 0.495 e. The number of unbranched alkanes of at least 4 members (excludes halogenated alkanes) is 2. The van der Waals surface area contributed by atoms with E-state index in [0.29, 0.717) is 59.1 Å². The van der Waals surface area contributed by atoms with Gasteiger partial charge in [0.2, 0.25) is 12.7 Å². The van der Waals surface area contributed by atoms with Crippen LogP contribution in [0.2, 0.25) is 0 Å². The highest BCUT2D eigenvalue weighted by Gasteiger charge is 2.16. The first-order chi connectivity index (χ1) is 18.5. The Hall–Kier alpha value is -4.73. The van der Waals surface area contributed by atoms with E-state index in [1.807, 2.05) is 42.5 Å². The maximum Gasteiger partial charge on any atom is 0.319 e. The summed E-state index contributed by atoms with van der Waals surface area (Å²) in [6, 6.07) is 16.5. The molecule has 38 heavy (non-hydrogen) atoms. The lowest BCUT2D eigenvalue weighted by atomic mass is 10.0. The highest BCUT2D eigenvalue weighted by Crippen LogP contribution is 2.37. The lowest BCUT2D eigenvalue weighted by Crippen LogP contribution is -2.29. The Morgan fingerprint density at radius 1 is 0.947 bits per heavy atom. The van der Waals surface area contributed by atoms with E-state index in [0.717, 1.165) is 23.3 Å². The van der Waals surface area contributed by atoms with Gasteiger partial charge in [-0.25, -0.2) is 9.78 Å². The van der Waals surface area contributed by atoms with Crippen molar-refractivity contribution in [2.24, 2.45) is 0 Å². The second-order valence-corrected chi connectivity index (χ2v) is 8.77. The molecule has 0 fully saturated rings. The van der Waals surface area contributed by atoms with E-state index in [4.69, 9.17) is 23.7 Å². The fraction of sp³-hybridized carbons (Fsp3) is 0.250. The number of aromatic nitrogens is 1. The number of carbonyl (C=O) groups excluding carboxylic acids is 1. The molecule has 196 valence electrons. The molecule has 0 unspecified atom stereocenters. The predicted octanol–water partition coefficient (Wildman–Crippen LogP) is 5.67. The SMILES string of the molecule is COc1ccc(-c2nc3cc(-c4ccc5c(c4)OCO5)ccc3o2)cc1NC(=O)NCCCCCC(=O)O. The van der Waals surface area contributed by atoms with Crippen LogP contribution < -0.4 is 24.8 Å². The lowest BCUT2D eigenvalue weighted by Gasteiger charge is -2.12. The molecule has 0 saturated heterocycles. The summed E-state index contributed by atoms with van der Waals surface area (Å²) in [5, 5.41) is 14.3. The van der Waals surface area contributed by atoms with Gasteiger partial charge in [0.25, 0.3) is 0 Å². The first-order valence-corrected chi connectivity index (χ1v) is 12.3. The van der Waals surface area contributed by atoms with Crippen molar-refractivity contribution in [3.05, 3.63) is 54.6 Å². The van der Waals surface area contributed by atoms with Gasteiger partial charge in [0.1, 0.15) is 11.3 Å². The number of oxazole rings is 1. The average molecular weight is 518 g/mol. The lowest BCUT2D eigenvalue weighted by molar-refractivity contribution is -0.137. The number of hydrogen-bond donors (Lipinski definition) is 3.